The largest absolute Gasteiger partial charge is 0.342 e. The molecule has 0 saturated carbocycles. The maximum absolute atomic E-state index is 12.4. The second-order valence-corrected chi connectivity index (χ2v) is 5.40. The number of unbranched alkanes of at least 4 members (excludes halogenated alkanes) is 1. The van der Waals surface area contributed by atoms with Crippen molar-refractivity contribution in [2.24, 2.45) is 5.92 Å². The van der Waals surface area contributed by atoms with Crippen LogP contribution in [0.25, 0.3) is 0 Å². The molecule has 3 heteroatoms. The van der Waals surface area contributed by atoms with E-state index in [1.807, 2.05) is 0 Å². The molecule has 0 aromatic rings. The van der Waals surface area contributed by atoms with Crippen molar-refractivity contribution in [2.45, 2.75) is 65.3 Å². The van der Waals surface area contributed by atoms with Gasteiger partial charge in [0.25, 0.3) is 0 Å². The van der Waals surface area contributed by atoms with E-state index < -0.39 is 0 Å². The highest BCUT2D eigenvalue weighted by atomic mass is 16.2. The van der Waals surface area contributed by atoms with E-state index in [0.29, 0.717) is 11.9 Å². The van der Waals surface area contributed by atoms with E-state index >= 15 is 0 Å². The summed E-state index contributed by atoms with van der Waals surface area (Å²) in [6.45, 7) is 9.41. The highest BCUT2D eigenvalue weighted by Crippen LogP contribution is 2.19. The lowest BCUT2D eigenvalue weighted by atomic mass is 9.96. The predicted octanol–water partition coefficient (Wildman–Crippen LogP) is 2.80. The minimum Gasteiger partial charge on any atom is -0.342 e. The number of nitrogens with one attached hydrogen (secondary N) is 1. The molecule has 1 aliphatic rings. The lowest BCUT2D eigenvalue weighted by Crippen LogP contribution is -2.46. The van der Waals surface area contributed by atoms with Gasteiger partial charge in [0.05, 0.1) is 0 Å². The molecule has 0 aromatic carbocycles. The molecule has 1 N–H and O–H groups in total. The van der Waals surface area contributed by atoms with Gasteiger partial charge in [0.2, 0.25) is 5.91 Å². The van der Waals surface area contributed by atoms with E-state index in [4.69, 9.17) is 0 Å². The number of amides is 1. The zero-order valence-electron chi connectivity index (χ0n) is 12.4. The SMILES string of the molecule is CCCCC(CC)C(=O)N1CCC(NCC)CC1. The second-order valence-electron chi connectivity index (χ2n) is 5.40. The molecule has 1 rings (SSSR count). The van der Waals surface area contributed by atoms with Crippen LogP contribution in [0.5, 0.6) is 0 Å². The Morgan fingerprint density at radius 1 is 1.28 bits per heavy atom. The molecule has 1 saturated heterocycles. The normalized spacial score (nSPS) is 18.9. The van der Waals surface area contributed by atoms with E-state index in [0.717, 1.165) is 45.3 Å². The molecule has 1 atom stereocenters. The molecule has 3 nitrogen and oxygen atoms in total. The van der Waals surface area contributed by atoms with Gasteiger partial charge in [-0.1, -0.05) is 33.6 Å². The van der Waals surface area contributed by atoms with Gasteiger partial charge in [-0.25, -0.2) is 0 Å². The number of piperidine rings is 1. The molecule has 1 fully saturated rings. The number of likely N-dealkylation sites (tertiary alicyclic amines) is 1. The molecule has 1 heterocycles. The van der Waals surface area contributed by atoms with Crippen molar-refractivity contribution >= 4 is 5.91 Å². The maximum Gasteiger partial charge on any atom is 0.225 e. The van der Waals surface area contributed by atoms with Gasteiger partial charge in [0, 0.05) is 25.0 Å². The summed E-state index contributed by atoms with van der Waals surface area (Å²) in [4.78, 5) is 14.5. The van der Waals surface area contributed by atoms with Gasteiger partial charge in [-0.15, -0.1) is 0 Å². The quantitative estimate of drug-likeness (QED) is 0.757. The summed E-state index contributed by atoms with van der Waals surface area (Å²) in [6, 6.07) is 0.620. The third-order valence-electron chi connectivity index (χ3n) is 4.05. The van der Waals surface area contributed by atoms with E-state index in [9.17, 15) is 4.79 Å². The summed E-state index contributed by atoms with van der Waals surface area (Å²) in [6.07, 6.45) is 6.66. The molecule has 1 aliphatic heterocycles. The van der Waals surface area contributed by atoms with Crippen molar-refractivity contribution in [2.75, 3.05) is 19.6 Å². The average molecular weight is 254 g/mol. The summed E-state index contributed by atoms with van der Waals surface area (Å²) in [5.41, 5.74) is 0. The fourth-order valence-electron chi connectivity index (χ4n) is 2.80. The first kappa shape index (κ1) is 15.5. The highest BCUT2D eigenvalue weighted by Gasteiger charge is 2.26. The van der Waals surface area contributed by atoms with Crippen LogP contribution in [0.4, 0.5) is 0 Å². The van der Waals surface area contributed by atoms with Gasteiger partial charge in [0.15, 0.2) is 0 Å². The van der Waals surface area contributed by atoms with Gasteiger partial charge in [-0.3, -0.25) is 4.79 Å². The predicted molar refractivity (Wildman–Crippen MR) is 76.6 cm³/mol. The van der Waals surface area contributed by atoms with Crippen molar-refractivity contribution in [3.8, 4) is 0 Å². The Bertz CT molecular complexity index is 235. The summed E-state index contributed by atoms with van der Waals surface area (Å²) < 4.78 is 0. The lowest BCUT2D eigenvalue weighted by Gasteiger charge is -2.34. The first-order valence-electron chi connectivity index (χ1n) is 7.75. The van der Waals surface area contributed by atoms with Gasteiger partial charge >= 0.3 is 0 Å². The standard InChI is InChI=1S/C15H30N2O/c1-4-7-8-13(5-2)15(18)17-11-9-14(10-12-17)16-6-3/h13-14,16H,4-12H2,1-3H3. The Labute approximate surface area is 112 Å². The third-order valence-corrected chi connectivity index (χ3v) is 4.05. The topological polar surface area (TPSA) is 32.3 Å². The van der Waals surface area contributed by atoms with Crippen LogP contribution in [0.2, 0.25) is 0 Å². The Morgan fingerprint density at radius 2 is 1.94 bits per heavy atom. The summed E-state index contributed by atoms with van der Waals surface area (Å²) >= 11 is 0. The van der Waals surface area contributed by atoms with E-state index in [2.05, 4.69) is 31.0 Å². The maximum atomic E-state index is 12.4. The molecule has 0 aromatic heterocycles. The fraction of sp³-hybridized carbons (Fsp3) is 0.933. The molecular weight excluding hydrogens is 224 g/mol. The van der Waals surface area contributed by atoms with Crippen LogP contribution < -0.4 is 5.32 Å². The van der Waals surface area contributed by atoms with E-state index in [1.54, 1.807) is 0 Å². The molecular formula is C15H30N2O. The summed E-state index contributed by atoms with van der Waals surface area (Å²) in [5, 5.41) is 3.48. The second kappa shape index (κ2) is 8.52. The minimum atomic E-state index is 0.264. The molecule has 0 spiro atoms. The monoisotopic (exact) mass is 254 g/mol. The Morgan fingerprint density at radius 3 is 2.44 bits per heavy atom. The highest BCUT2D eigenvalue weighted by molar-refractivity contribution is 5.78. The Kier molecular flexibility index (Phi) is 7.33. The first-order valence-corrected chi connectivity index (χ1v) is 7.75. The van der Waals surface area contributed by atoms with Crippen LogP contribution in [-0.2, 0) is 4.79 Å². The number of carbonyl (C=O) groups excluding carboxylic acids is 1. The summed E-state index contributed by atoms with van der Waals surface area (Å²) in [5.74, 6) is 0.668. The fourth-order valence-corrected chi connectivity index (χ4v) is 2.80. The summed E-state index contributed by atoms with van der Waals surface area (Å²) in [7, 11) is 0. The Hall–Kier alpha value is -0.570. The molecule has 106 valence electrons. The number of nitrogens with zero attached hydrogens (tertiary/aromatic N) is 1. The number of carbonyl (C=O) groups is 1. The molecule has 0 bridgehead atoms. The molecule has 0 radical (unpaired) electrons. The lowest BCUT2D eigenvalue weighted by molar-refractivity contribution is -0.137. The zero-order valence-corrected chi connectivity index (χ0v) is 12.4. The van der Waals surface area contributed by atoms with Crippen molar-refractivity contribution in [3.63, 3.8) is 0 Å². The average Bonchev–Trinajstić information content (AvgIpc) is 2.40. The number of hydrogen-bond acceptors (Lipinski definition) is 2. The Balaban J connectivity index is 2.37. The van der Waals surface area contributed by atoms with E-state index in [-0.39, 0.29) is 5.92 Å². The van der Waals surface area contributed by atoms with Crippen LogP contribution in [0.3, 0.4) is 0 Å². The van der Waals surface area contributed by atoms with Crippen LogP contribution in [-0.4, -0.2) is 36.5 Å². The van der Waals surface area contributed by atoms with Gasteiger partial charge in [0.1, 0.15) is 0 Å². The molecule has 1 unspecified atom stereocenters. The van der Waals surface area contributed by atoms with Gasteiger partial charge < -0.3 is 10.2 Å². The van der Waals surface area contributed by atoms with Gasteiger partial charge in [-0.05, 0) is 32.2 Å². The number of hydrogen-bond donors (Lipinski definition) is 1. The third kappa shape index (κ3) is 4.60. The molecule has 18 heavy (non-hydrogen) atoms. The van der Waals surface area contributed by atoms with Crippen molar-refractivity contribution in [1.29, 1.82) is 0 Å². The van der Waals surface area contributed by atoms with Crippen molar-refractivity contribution in [3.05, 3.63) is 0 Å². The number of rotatable bonds is 7. The van der Waals surface area contributed by atoms with Crippen molar-refractivity contribution in [1.82, 2.24) is 10.2 Å². The van der Waals surface area contributed by atoms with Gasteiger partial charge in [-0.2, -0.15) is 0 Å². The van der Waals surface area contributed by atoms with Crippen molar-refractivity contribution < 1.29 is 4.79 Å². The zero-order chi connectivity index (χ0) is 13.4. The van der Waals surface area contributed by atoms with Crippen LogP contribution >= 0.6 is 0 Å². The minimum absolute atomic E-state index is 0.264. The molecule has 1 amide bonds. The molecule has 0 aliphatic carbocycles. The van der Waals surface area contributed by atoms with Crippen LogP contribution in [0, 0.1) is 5.92 Å². The smallest absolute Gasteiger partial charge is 0.225 e. The first-order chi connectivity index (χ1) is 8.72. The van der Waals surface area contributed by atoms with Crippen LogP contribution in [0.1, 0.15) is 59.3 Å². The van der Waals surface area contributed by atoms with E-state index in [1.165, 1.54) is 12.8 Å². The van der Waals surface area contributed by atoms with Crippen LogP contribution in [0.15, 0.2) is 0 Å².